The summed E-state index contributed by atoms with van der Waals surface area (Å²) in [4.78, 5) is 0. The van der Waals surface area contributed by atoms with Crippen LogP contribution in [0, 0.1) is 5.92 Å². The van der Waals surface area contributed by atoms with E-state index in [1.165, 1.54) is 19.2 Å². The number of nitrogens with two attached hydrogens (primary N) is 1. The van der Waals surface area contributed by atoms with E-state index >= 15 is 0 Å². The summed E-state index contributed by atoms with van der Waals surface area (Å²) in [6, 6.07) is 0. The Morgan fingerprint density at radius 1 is 1.38 bits per heavy atom. The van der Waals surface area contributed by atoms with E-state index in [4.69, 9.17) is 10.2 Å². The van der Waals surface area contributed by atoms with E-state index in [1.807, 2.05) is 0 Å². The molecule has 2 N–H and O–H groups in total. The maximum atomic E-state index is 5.62. The van der Waals surface area contributed by atoms with Crippen molar-refractivity contribution in [1.29, 1.82) is 0 Å². The molecule has 4 nitrogen and oxygen atoms in total. The Balaban J connectivity index is 1.92. The summed E-state index contributed by atoms with van der Waals surface area (Å²) in [6.45, 7) is 0.816. The lowest BCUT2D eigenvalue weighted by Gasteiger charge is -2.24. The Morgan fingerprint density at radius 3 is 2.69 bits per heavy atom. The molecule has 0 spiro atoms. The van der Waals surface area contributed by atoms with Crippen LogP contribution in [-0.4, -0.2) is 16.7 Å². The molecule has 1 aromatic rings. The number of aromatic nitrogens is 2. The Morgan fingerprint density at radius 2 is 2.15 bits per heavy atom. The Bertz CT molecular complexity index is 239. The second kappa shape index (κ2) is 3.87. The van der Waals surface area contributed by atoms with E-state index in [0.29, 0.717) is 11.8 Å². The van der Waals surface area contributed by atoms with Crippen LogP contribution in [0.5, 0.6) is 0 Å². The van der Waals surface area contributed by atoms with Gasteiger partial charge >= 0.3 is 0 Å². The van der Waals surface area contributed by atoms with Crippen molar-refractivity contribution >= 4 is 0 Å². The van der Waals surface area contributed by atoms with Crippen molar-refractivity contribution in [3.05, 3.63) is 12.3 Å². The Hall–Kier alpha value is -0.900. The number of rotatable bonds is 2. The van der Waals surface area contributed by atoms with Crippen molar-refractivity contribution in [1.82, 2.24) is 10.2 Å². The minimum absolute atomic E-state index is 0.477. The molecule has 13 heavy (non-hydrogen) atoms. The Kier molecular flexibility index (Phi) is 2.59. The first-order valence-corrected chi connectivity index (χ1v) is 4.86. The van der Waals surface area contributed by atoms with Crippen LogP contribution in [0.15, 0.2) is 10.8 Å². The zero-order valence-corrected chi connectivity index (χ0v) is 7.65. The molecular weight excluding hydrogens is 166 g/mol. The van der Waals surface area contributed by atoms with Crippen molar-refractivity contribution in [2.75, 3.05) is 6.54 Å². The molecule has 1 aromatic heterocycles. The fourth-order valence-electron chi connectivity index (χ4n) is 2.00. The summed E-state index contributed by atoms with van der Waals surface area (Å²) in [6.07, 6.45) is 6.09. The van der Waals surface area contributed by atoms with Gasteiger partial charge in [0.2, 0.25) is 12.3 Å². The zero-order valence-electron chi connectivity index (χ0n) is 7.65. The van der Waals surface area contributed by atoms with E-state index in [2.05, 4.69) is 10.2 Å². The summed E-state index contributed by atoms with van der Waals surface area (Å²) in [5, 5.41) is 7.64. The van der Waals surface area contributed by atoms with Gasteiger partial charge < -0.3 is 10.2 Å². The average molecular weight is 181 g/mol. The number of nitrogens with zero attached hydrogens (tertiary/aromatic N) is 2. The lowest BCUT2D eigenvalue weighted by atomic mass is 9.82. The van der Waals surface area contributed by atoms with E-state index < -0.39 is 0 Å². The van der Waals surface area contributed by atoms with Gasteiger partial charge in [0.05, 0.1) is 0 Å². The van der Waals surface area contributed by atoms with E-state index in [9.17, 15) is 0 Å². The van der Waals surface area contributed by atoms with Crippen LogP contribution >= 0.6 is 0 Å². The summed E-state index contributed by atoms with van der Waals surface area (Å²) in [5.74, 6) is 1.99. The van der Waals surface area contributed by atoms with Crippen LogP contribution in [0.2, 0.25) is 0 Å². The van der Waals surface area contributed by atoms with Crippen LogP contribution in [0.1, 0.15) is 37.5 Å². The molecule has 72 valence electrons. The number of hydrogen-bond acceptors (Lipinski definition) is 4. The fourth-order valence-corrected chi connectivity index (χ4v) is 2.00. The standard InChI is InChI=1S/C9H15N3O/c10-5-7-1-3-8(4-2-7)9-12-11-6-13-9/h6-8H,1-5,10H2/t7-,8-. The molecular formula is C9H15N3O. The Labute approximate surface area is 77.5 Å². The lowest BCUT2D eigenvalue weighted by molar-refractivity contribution is 0.297. The SMILES string of the molecule is NC[C@H]1CC[C@H](c2nnco2)CC1. The highest BCUT2D eigenvalue weighted by Crippen LogP contribution is 2.34. The average Bonchev–Trinajstić information content (AvgIpc) is 2.71. The summed E-state index contributed by atoms with van der Waals surface area (Å²) < 4.78 is 5.19. The molecule has 0 aliphatic heterocycles. The molecule has 2 rings (SSSR count). The van der Waals surface area contributed by atoms with Crippen LogP contribution in [0.3, 0.4) is 0 Å². The van der Waals surface area contributed by atoms with Crippen molar-refractivity contribution < 1.29 is 4.42 Å². The first-order valence-electron chi connectivity index (χ1n) is 4.86. The molecule has 0 amide bonds. The van der Waals surface area contributed by atoms with Gasteiger partial charge in [-0.25, -0.2) is 0 Å². The third-order valence-electron chi connectivity index (χ3n) is 2.91. The predicted octanol–water partition coefficient (Wildman–Crippen LogP) is 1.30. The molecule has 0 aromatic carbocycles. The summed E-state index contributed by atoms with van der Waals surface area (Å²) >= 11 is 0. The second-order valence-electron chi connectivity index (χ2n) is 3.73. The fraction of sp³-hybridized carbons (Fsp3) is 0.778. The third-order valence-corrected chi connectivity index (χ3v) is 2.91. The molecule has 0 bridgehead atoms. The van der Waals surface area contributed by atoms with Gasteiger partial charge in [0.25, 0.3) is 0 Å². The molecule has 0 atom stereocenters. The molecule has 0 unspecified atom stereocenters. The van der Waals surface area contributed by atoms with Gasteiger partial charge in [-0.3, -0.25) is 0 Å². The smallest absolute Gasteiger partial charge is 0.219 e. The van der Waals surface area contributed by atoms with Crippen molar-refractivity contribution in [2.45, 2.75) is 31.6 Å². The van der Waals surface area contributed by atoms with Crippen molar-refractivity contribution in [3.8, 4) is 0 Å². The van der Waals surface area contributed by atoms with Gasteiger partial charge in [0, 0.05) is 5.92 Å². The highest BCUT2D eigenvalue weighted by molar-refractivity contribution is 4.91. The second-order valence-corrected chi connectivity index (χ2v) is 3.73. The van der Waals surface area contributed by atoms with Crippen LogP contribution in [0.4, 0.5) is 0 Å². The highest BCUT2D eigenvalue weighted by atomic mass is 16.4. The van der Waals surface area contributed by atoms with Crippen LogP contribution in [0.25, 0.3) is 0 Å². The van der Waals surface area contributed by atoms with Crippen molar-refractivity contribution in [2.24, 2.45) is 11.7 Å². The lowest BCUT2D eigenvalue weighted by Crippen LogP contribution is -2.20. The molecule has 1 aliphatic carbocycles. The molecule has 1 saturated carbocycles. The monoisotopic (exact) mass is 181 g/mol. The van der Waals surface area contributed by atoms with Crippen molar-refractivity contribution in [3.63, 3.8) is 0 Å². The number of hydrogen-bond donors (Lipinski definition) is 1. The van der Waals surface area contributed by atoms with Gasteiger partial charge in [-0.15, -0.1) is 10.2 Å². The van der Waals surface area contributed by atoms with E-state index in [-0.39, 0.29) is 0 Å². The topological polar surface area (TPSA) is 64.9 Å². The maximum absolute atomic E-state index is 5.62. The molecule has 1 fully saturated rings. The van der Waals surface area contributed by atoms with Gasteiger partial charge in [0.15, 0.2) is 0 Å². The first kappa shape index (κ1) is 8.69. The van der Waals surface area contributed by atoms with Gasteiger partial charge in [-0.2, -0.15) is 0 Å². The molecule has 1 aliphatic rings. The summed E-state index contributed by atoms with van der Waals surface area (Å²) in [5.41, 5.74) is 5.62. The highest BCUT2D eigenvalue weighted by Gasteiger charge is 2.24. The predicted molar refractivity (Wildman–Crippen MR) is 48.1 cm³/mol. The summed E-state index contributed by atoms with van der Waals surface area (Å²) in [7, 11) is 0. The molecule has 1 heterocycles. The minimum Gasteiger partial charge on any atom is -0.428 e. The van der Waals surface area contributed by atoms with Gasteiger partial charge in [-0.1, -0.05) is 0 Å². The minimum atomic E-state index is 0.477. The van der Waals surface area contributed by atoms with E-state index in [0.717, 1.165) is 25.3 Å². The van der Waals surface area contributed by atoms with Gasteiger partial charge in [0.1, 0.15) is 0 Å². The molecule has 0 saturated heterocycles. The quantitative estimate of drug-likeness (QED) is 0.746. The van der Waals surface area contributed by atoms with Crippen LogP contribution in [-0.2, 0) is 0 Å². The molecule has 4 heteroatoms. The largest absolute Gasteiger partial charge is 0.428 e. The van der Waals surface area contributed by atoms with E-state index in [1.54, 1.807) is 0 Å². The zero-order chi connectivity index (χ0) is 9.10. The van der Waals surface area contributed by atoms with Crippen LogP contribution < -0.4 is 5.73 Å². The maximum Gasteiger partial charge on any atom is 0.219 e. The normalized spacial score (nSPS) is 29.0. The first-order chi connectivity index (χ1) is 6.40. The molecule has 0 radical (unpaired) electrons. The van der Waals surface area contributed by atoms with Gasteiger partial charge in [-0.05, 0) is 38.1 Å². The third kappa shape index (κ3) is 1.88.